The Bertz CT molecular complexity index is 736. The quantitative estimate of drug-likeness (QED) is 0.646. The predicted molar refractivity (Wildman–Crippen MR) is 81.4 cm³/mol. The summed E-state index contributed by atoms with van der Waals surface area (Å²) in [6.45, 7) is 7.83. The predicted octanol–water partition coefficient (Wildman–Crippen LogP) is 3.88. The van der Waals surface area contributed by atoms with Crippen molar-refractivity contribution in [2.75, 3.05) is 5.32 Å². The zero-order chi connectivity index (χ0) is 18.9. The molecule has 0 aromatic heterocycles. The Morgan fingerprint density at radius 2 is 1.62 bits per heavy atom. The minimum Gasteiger partial charge on any atom is -0.444 e. The Hall–Kier alpha value is -1.97. The van der Waals surface area contributed by atoms with Crippen molar-refractivity contribution in [3.63, 3.8) is 0 Å². The number of aryl methyl sites for hydroxylation is 2. The SMILES string of the molecule is Cc1cc(OS(=O)(=O)C(F)(F)F)c(C)cc1NC(=O)OC(C)(C)C. The summed E-state index contributed by atoms with van der Waals surface area (Å²) in [7, 11) is -5.76. The van der Waals surface area contributed by atoms with E-state index in [1.807, 2.05) is 0 Å². The number of ether oxygens (including phenoxy) is 1. The Morgan fingerprint density at radius 1 is 1.08 bits per heavy atom. The fourth-order valence-corrected chi connectivity index (χ4v) is 2.10. The number of hydrogen-bond acceptors (Lipinski definition) is 5. The molecular weight excluding hydrogens is 351 g/mol. The largest absolute Gasteiger partial charge is 0.534 e. The summed E-state index contributed by atoms with van der Waals surface area (Å²) < 4.78 is 68.4. The van der Waals surface area contributed by atoms with E-state index in [0.29, 0.717) is 5.56 Å². The van der Waals surface area contributed by atoms with Crippen LogP contribution in [0.3, 0.4) is 0 Å². The molecule has 0 aliphatic rings. The molecule has 0 spiro atoms. The first-order chi connectivity index (χ1) is 10.6. The van der Waals surface area contributed by atoms with Crippen molar-refractivity contribution in [1.82, 2.24) is 0 Å². The van der Waals surface area contributed by atoms with E-state index in [-0.39, 0.29) is 11.3 Å². The van der Waals surface area contributed by atoms with Gasteiger partial charge in [-0.05, 0) is 57.9 Å². The van der Waals surface area contributed by atoms with E-state index in [4.69, 9.17) is 4.74 Å². The molecule has 1 aromatic carbocycles. The molecule has 24 heavy (non-hydrogen) atoms. The molecule has 1 aromatic rings. The highest BCUT2D eigenvalue weighted by Crippen LogP contribution is 2.32. The second kappa shape index (κ2) is 6.50. The summed E-state index contributed by atoms with van der Waals surface area (Å²) in [5.74, 6) is -0.473. The molecular formula is C14H18F3NO5S. The molecule has 0 unspecified atom stereocenters. The van der Waals surface area contributed by atoms with E-state index >= 15 is 0 Å². The maximum Gasteiger partial charge on any atom is 0.534 e. The van der Waals surface area contributed by atoms with Gasteiger partial charge in [0.05, 0.1) is 0 Å². The van der Waals surface area contributed by atoms with Gasteiger partial charge in [0.25, 0.3) is 0 Å². The number of rotatable bonds is 3. The number of nitrogens with one attached hydrogen (secondary N) is 1. The third-order valence-corrected chi connectivity index (χ3v) is 3.61. The van der Waals surface area contributed by atoms with E-state index in [2.05, 4.69) is 9.50 Å². The van der Waals surface area contributed by atoms with Crippen molar-refractivity contribution >= 4 is 21.9 Å². The lowest BCUT2D eigenvalue weighted by Crippen LogP contribution is -2.28. The van der Waals surface area contributed by atoms with Gasteiger partial charge in [-0.3, -0.25) is 5.32 Å². The highest BCUT2D eigenvalue weighted by molar-refractivity contribution is 7.88. The van der Waals surface area contributed by atoms with Crippen LogP contribution in [0, 0.1) is 13.8 Å². The van der Waals surface area contributed by atoms with Gasteiger partial charge in [-0.2, -0.15) is 21.6 Å². The summed E-state index contributed by atoms with van der Waals surface area (Å²) in [5, 5.41) is 2.44. The van der Waals surface area contributed by atoms with Gasteiger partial charge < -0.3 is 8.92 Å². The second-order valence-corrected chi connectivity index (χ2v) is 7.58. The fraction of sp³-hybridized carbons (Fsp3) is 0.500. The zero-order valence-corrected chi connectivity index (χ0v) is 14.6. The molecule has 10 heteroatoms. The molecule has 0 saturated heterocycles. The Labute approximate surface area is 138 Å². The van der Waals surface area contributed by atoms with Crippen LogP contribution in [0.25, 0.3) is 0 Å². The van der Waals surface area contributed by atoms with Gasteiger partial charge >= 0.3 is 21.7 Å². The van der Waals surface area contributed by atoms with Crippen molar-refractivity contribution in [3.05, 3.63) is 23.3 Å². The van der Waals surface area contributed by atoms with Crippen molar-refractivity contribution in [1.29, 1.82) is 0 Å². The minimum atomic E-state index is -5.76. The van der Waals surface area contributed by atoms with Crippen LogP contribution < -0.4 is 9.50 Å². The van der Waals surface area contributed by atoms with Gasteiger partial charge in [-0.15, -0.1) is 0 Å². The Kier molecular flexibility index (Phi) is 5.44. The van der Waals surface area contributed by atoms with Gasteiger partial charge in [-0.25, -0.2) is 4.79 Å². The smallest absolute Gasteiger partial charge is 0.444 e. The lowest BCUT2D eigenvalue weighted by Gasteiger charge is -2.20. The molecule has 0 bridgehead atoms. The topological polar surface area (TPSA) is 81.7 Å². The van der Waals surface area contributed by atoms with E-state index in [0.717, 1.165) is 6.07 Å². The molecule has 0 fully saturated rings. The summed E-state index contributed by atoms with van der Waals surface area (Å²) in [6.07, 6.45) is -0.749. The average molecular weight is 369 g/mol. The van der Waals surface area contributed by atoms with Crippen LogP contribution in [0.2, 0.25) is 0 Å². The zero-order valence-electron chi connectivity index (χ0n) is 13.7. The standard InChI is InChI=1S/C14H18F3NO5S/c1-8-7-11(23-24(20,21)14(15,16)17)9(2)6-10(8)18-12(19)22-13(3,4)5/h6-7H,1-5H3,(H,18,19). The van der Waals surface area contributed by atoms with Crippen LogP contribution in [0.4, 0.5) is 23.7 Å². The molecule has 0 aliphatic carbocycles. The first-order valence-electron chi connectivity index (χ1n) is 6.74. The Balaban J connectivity index is 3.05. The minimum absolute atomic E-state index is 0.0967. The van der Waals surface area contributed by atoms with Crippen molar-refractivity contribution in [2.45, 2.75) is 45.7 Å². The van der Waals surface area contributed by atoms with E-state index < -0.39 is 33.1 Å². The summed E-state index contributed by atoms with van der Waals surface area (Å²) in [5.41, 5.74) is -5.59. The first-order valence-corrected chi connectivity index (χ1v) is 8.15. The Morgan fingerprint density at radius 3 is 2.08 bits per heavy atom. The number of carbonyl (C=O) groups is 1. The molecule has 1 N–H and O–H groups in total. The molecule has 1 rings (SSSR count). The molecule has 1 amide bonds. The lowest BCUT2D eigenvalue weighted by atomic mass is 10.1. The normalized spacial score (nSPS) is 12.7. The van der Waals surface area contributed by atoms with Crippen LogP contribution in [0.15, 0.2) is 12.1 Å². The van der Waals surface area contributed by atoms with Crippen LogP contribution in [-0.2, 0) is 14.9 Å². The van der Waals surface area contributed by atoms with Crippen molar-refractivity contribution in [3.8, 4) is 5.75 Å². The summed E-state index contributed by atoms with van der Waals surface area (Å²) in [4.78, 5) is 11.7. The number of carbonyl (C=O) groups excluding carboxylic acids is 1. The van der Waals surface area contributed by atoms with E-state index in [9.17, 15) is 26.4 Å². The number of hydrogen-bond donors (Lipinski definition) is 1. The average Bonchev–Trinajstić information content (AvgIpc) is 2.31. The third kappa shape index (κ3) is 5.29. The van der Waals surface area contributed by atoms with Gasteiger partial charge in [0.2, 0.25) is 0 Å². The van der Waals surface area contributed by atoms with Crippen molar-refractivity contribution < 1.29 is 35.3 Å². The van der Waals surface area contributed by atoms with Gasteiger partial charge in [0.15, 0.2) is 0 Å². The summed E-state index contributed by atoms with van der Waals surface area (Å²) in [6, 6.07) is 2.38. The number of amides is 1. The first kappa shape index (κ1) is 20.1. The molecule has 0 atom stereocenters. The summed E-state index contributed by atoms with van der Waals surface area (Å²) >= 11 is 0. The molecule has 6 nitrogen and oxygen atoms in total. The van der Waals surface area contributed by atoms with Gasteiger partial charge in [0, 0.05) is 5.69 Å². The van der Waals surface area contributed by atoms with E-state index in [1.165, 1.54) is 19.9 Å². The number of anilines is 1. The second-order valence-electron chi connectivity index (χ2n) is 6.04. The van der Waals surface area contributed by atoms with Crippen molar-refractivity contribution in [2.24, 2.45) is 0 Å². The van der Waals surface area contributed by atoms with Crippen LogP contribution in [0.5, 0.6) is 5.75 Å². The van der Waals surface area contributed by atoms with Crippen LogP contribution in [0.1, 0.15) is 31.9 Å². The molecule has 0 radical (unpaired) electrons. The monoisotopic (exact) mass is 369 g/mol. The number of halogens is 3. The molecule has 0 aliphatic heterocycles. The molecule has 0 heterocycles. The molecule has 136 valence electrons. The van der Waals surface area contributed by atoms with Crippen LogP contribution >= 0.6 is 0 Å². The van der Waals surface area contributed by atoms with E-state index in [1.54, 1.807) is 20.8 Å². The number of benzene rings is 1. The fourth-order valence-electron chi connectivity index (χ4n) is 1.59. The van der Waals surface area contributed by atoms with Crippen LogP contribution in [-0.4, -0.2) is 25.6 Å². The van der Waals surface area contributed by atoms with Gasteiger partial charge in [-0.1, -0.05) is 0 Å². The highest BCUT2D eigenvalue weighted by atomic mass is 32.2. The molecule has 0 saturated carbocycles. The third-order valence-electron chi connectivity index (χ3n) is 2.64. The highest BCUT2D eigenvalue weighted by Gasteiger charge is 2.48. The maximum absolute atomic E-state index is 12.4. The lowest BCUT2D eigenvalue weighted by molar-refractivity contribution is -0.0500. The number of alkyl halides is 3. The maximum atomic E-state index is 12.4. The van der Waals surface area contributed by atoms with Gasteiger partial charge in [0.1, 0.15) is 11.4 Å².